The van der Waals surface area contributed by atoms with E-state index in [0.717, 1.165) is 30.6 Å². The monoisotopic (exact) mass is 659 g/mol. The molecule has 1 aliphatic rings. The van der Waals surface area contributed by atoms with Crippen molar-refractivity contribution >= 4 is 78.6 Å². The van der Waals surface area contributed by atoms with Gasteiger partial charge in [-0.25, -0.2) is 4.79 Å². The number of hydrogen-bond acceptors (Lipinski definition) is 4. The number of hydrogen-bond donors (Lipinski definition) is 3. The van der Waals surface area contributed by atoms with E-state index in [1.54, 1.807) is 18.2 Å². The van der Waals surface area contributed by atoms with Gasteiger partial charge in [0.25, 0.3) is 0 Å². The molecule has 5 rings (SSSR count). The van der Waals surface area contributed by atoms with Crippen molar-refractivity contribution in [1.29, 1.82) is 0 Å². The van der Waals surface area contributed by atoms with Crippen LogP contribution in [0, 0.1) is 3.57 Å². The first-order valence-electron chi connectivity index (χ1n) is 10.9. The Morgan fingerprint density at radius 1 is 1.08 bits per heavy atom. The van der Waals surface area contributed by atoms with E-state index in [9.17, 15) is 24.6 Å². The smallest absolute Gasteiger partial charge is 0.339 e. The zero-order valence-corrected chi connectivity index (χ0v) is 22.6. The van der Waals surface area contributed by atoms with E-state index in [4.69, 9.17) is 0 Å². The average molecular weight is 660 g/mol. The largest absolute Gasteiger partial charge is 0.507 e. The first-order valence-corrected chi connectivity index (χ1v) is 12.8. The highest BCUT2D eigenvalue weighted by atomic mass is 127. The van der Waals surface area contributed by atoms with Gasteiger partial charge >= 0.3 is 17.8 Å². The van der Waals surface area contributed by atoms with Gasteiger partial charge in [-0.15, -0.1) is 0 Å². The number of halogens is 2. The Morgan fingerprint density at radius 2 is 1.86 bits per heavy atom. The van der Waals surface area contributed by atoms with Crippen LogP contribution in [0.25, 0.3) is 22.2 Å². The summed E-state index contributed by atoms with van der Waals surface area (Å²) in [6.45, 7) is 0.442. The molecule has 8 nitrogen and oxygen atoms in total. The van der Waals surface area contributed by atoms with Crippen molar-refractivity contribution in [1.82, 2.24) is 4.57 Å². The van der Waals surface area contributed by atoms with Crippen molar-refractivity contribution in [3.63, 3.8) is 0 Å². The summed E-state index contributed by atoms with van der Waals surface area (Å²) < 4.78 is 3.58. The fourth-order valence-electron chi connectivity index (χ4n) is 4.55. The minimum atomic E-state index is -1.21. The van der Waals surface area contributed by atoms with Gasteiger partial charge in [-0.05, 0) is 71.0 Å². The fourth-order valence-corrected chi connectivity index (χ4v) is 6.06. The molecule has 4 aromatic rings. The number of carboxylic acid groups (broad SMARTS) is 1. The zero-order chi connectivity index (χ0) is 25.7. The Balaban J connectivity index is 1.44. The number of anilines is 2. The Labute approximate surface area is 227 Å². The molecule has 10 heteroatoms. The number of aromatic hydroxyl groups is 1. The minimum Gasteiger partial charge on any atom is -0.507 e. The first kappa shape index (κ1) is 24.3. The quantitative estimate of drug-likeness (QED) is 0.208. The highest BCUT2D eigenvalue weighted by Crippen LogP contribution is 2.38. The number of nitrogens with zero attached hydrogens (tertiary/aromatic N) is 2. The van der Waals surface area contributed by atoms with Crippen molar-refractivity contribution in [3.8, 4) is 17.0 Å². The zero-order valence-electron chi connectivity index (χ0n) is 18.9. The van der Waals surface area contributed by atoms with Crippen LogP contribution in [0.2, 0.25) is 0 Å². The summed E-state index contributed by atoms with van der Waals surface area (Å²) >= 11 is 5.58. The number of phenols is 1. The molecule has 0 spiro atoms. The van der Waals surface area contributed by atoms with Gasteiger partial charge in [-0.3, -0.25) is 9.59 Å². The van der Waals surface area contributed by atoms with E-state index in [-0.39, 0.29) is 11.3 Å². The number of rotatable bonds is 3. The van der Waals surface area contributed by atoms with Gasteiger partial charge in [0.2, 0.25) is 0 Å². The summed E-state index contributed by atoms with van der Waals surface area (Å²) in [6, 6.07) is 15.6. The number of benzene rings is 3. The lowest BCUT2D eigenvalue weighted by molar-refractivity contribution is -0.134. The second kappa shape index (κ2) is 9.25. The van der Waals surface area contributed by atoms with Crippen LogP contribution in [0.15, 0.2) is 59.1 Å². The van der Waals surface area contributed by atoms with Gasteiger partial charge < -0.3 is 25.0 Å². The highest BCUT2D eigenvalue weighted by Gasteiger charge is 2.29. The Hall–Kier alpha value is -3.38. The first-order chi connectivity index (χ1) is 17.2. The fraction of sp³-hybridized carbons (Fsp3) is 0.115. The molecule has 182 valence electrons. The molecule has 1 aliphatic heterocycles. The molecule has 2 heterocycles. The second-order valence-corrected chi connectivity index (χ2v) is 10.4. The van der Waals surface area contributed by atoms with Crippen molar-refractivity contribution in [2.45, 2.75) is 6.42 Å². The van der Waals surface area contributed by atoms with Crippen LogP contribution < -0.4 is 10.2 Å². The molecule has 0 saturated heterocycles. The molecular formula is C26H19BrIN3O5. The van der Waals surface area contributed by atoms with Crippen LogP contribution in [0.5, 0.6) is 5.75 Å². The van der Waals surface area contributed by atoms with Crippen LogP contribution >= 0.6 is 38.5 Å². The predicted molar refractivity (Wildman–Crippen MR) is 149 cm³/mol. The number of aromatic carboxylic acids is 1. The van der Waals surface area contributed by atoms with E-state index >= 15 is 0 Å². The van der Waals surface area contributed by atoms with E-state index in [2.05, 4.69) is 43.8 Å². The Bertz CT molecular complexity index is 1600. The summed E-state index contributed by atoms with van der Waals surface area (Å²) in [5, 5.41) is 22.9. The van der Waals surface area contributed by atoms with Crippen LogP contribution in [0.1, 0.15) is 15.9 Å². The molecule has 0 bridgehead atoms. The molecule has 2 amide bonds. The van der Waals surface area contributed by atoms with Crippen molar-refractivity contribution in [2.75, 3.05) is 16.8 Å². The molecule has 0 unspecified atom stereocenters. The Kier molecular flexibility index (Phi) is 6.25. The predicted octanol–water partition coefficient (Wildman–Crippen LogP) is 5.14. The summed E-state index contributed by atoms with van der Waals surface area (Å²) in [7, 11) is 1.82. The molecular weight excluding hydrogens is 641 g/mol. The summed E-state index contributed by atoms with van der Waals surface area (Å²) in [4.78, 5) is 38.7. The third-order valence-electron chi connectivity index (χ3n) is 6.26. The van der Waals surface area contributed by atoms with Crippen LogP contribution in [0.3, 0.4) is 0 Å². The number of carbonyl (C=O) groups is 3. The topological polar surface area (TPSA) is 112 Å². The summed E-state index contributed by atoms with van der Waals surface area (Å²) in [6.07, 6.45) is 0.682. The summed E-state index contributed by atoms with van der Waals surface area (Å²) in [5.41, 5.74) is 4.24. The number of nitrogens with one attached hydrogen (secondary N) is 1. The van der Waals surface area contributed by atoms with Gasteiger partial charge in [-0.1, -0.05) is 28.1 Å². The second-order valence-electron chi connectivity index (χ2n) is 8.43. The number of carboxylic acids is 1. The van der Waals surface area contributed by atoms with Crippen molar-refractivity contribution < 1.29 is 24.6 Å². The number of carbonyl (C=O) groups excluding carboxylic acids is 2. The molecule has 1 aromatic heterocycles. The lowest BCUT2D eigenvalue weighted by Gasteiger charge is -2.17. The lowest BCUT2D eigenvalue weighted by atomic mass is 10.1. The summed E-state index contributed by atoms with van der Waals surface area (Å²) in [5.74, 6) is -2.88. The van der Waals surface area contributed by atoms with E-state index < -0.39 is 17.8 Å². The van der Waals surface area contributed by atoms with Gasteiger partial charge in [0.1, 0.15) is 11.3 Å². The molecule has 36 heavy (non-hydrogen) atoms. The number of aromatic nitrogens is 1. The molecule has 0 atom stereocenters. The standard InChI is InChI=1S/C26H19BrIN3O5/c1-30-20-12-21(32)18(26(35)36)11-17(20)22(28)23(30)14-3-2-4-16(10-14)29-24(33)25(34)31-8-7-13-9-15(27)5-6-19(13)31/h2-6,9-12,32H,7-8H2,1H3,(H,29,33)(H,35,36). The molecule has 0 saturated carbocycles. The maximum Gasteiger partial charge on any atom is 0.339 e. The normalized spacial score (nSPS) is 12.6. The van der Waals surface area contributed by atoms with Gasteiger partial charge in [0, 0.05) is 50.0 Å². The molecule has 0 fully saturated rings. The number of fused-ring (bicyclic) bond motifs is 2. The molecule has 0 aliphatic carbocycles. The third kappa shape index (κ3) is 4.13. The van der Waals surface area contributed by atoms with Gasteiger partial charge in [0.05, 0.1) is 11.2 Å². The maximum absolute atomic E-state index is 12.9. The molecule has 0 radical (unpaired) electrons. The lowest BCUT2D eigenvalue weighted by Crippen LogP contribution is -2.38. The maximum atomic E-state index is 12.9. The molecule has 3 N–H and O–H groups in total. The van der Waals surface area contributed by atoms with Crippen LogP contribution in [-0.2, 0) is 23.1 Å². The third-order valence-corrected chi connectivity index (χ3v) is 7.84. The van der Waals surface area contributed by atoms with Gasteiger partial charge in [-0.2, -0.15) is 0 Å². The average Bonchev–Trinajstić information content (AvgIpc) is 3.36. The van der Waals surface area contributed by atoms with E-state index in [1.165, 1.54) is 17.0 Å². The Morgan fingerprint density at radius 3 is 2.61 bits per heavy atom. The molecule has 3 aromatic carbocycles. The number of aryl methyl sites for hydroxylation is 1. The number of amides is 2. The van der Waals surface area contributed by atoms with Crippen LogP contribution in [0.4, 0.5) is 11.4 Å². The SMILES string of the molecule is Cn1c(-c2cccc(NC(=O)C(=O)N3CCc4cc(Br)ccc43)c2)c(I)c2cc(C(=O)O)c(O)cc21. The van der Waals surface area contributed by atoms with Crippen molar-refractivity contribution in [3.05, 3.63) is 73.8 Å². The van der Waals surface area contributed by atoms with Crippen LogP contribution in [-0.4, -0.2) is 39.1 Å². The van der Waals surface area contributed by atoms with E-state index in [0.29, 0.717) is 29.6 Å². The van der Waals surface area contributed by atoms with Crippen molar-refractivity contribution in [2.24, 2.45) is 7.05 Å². The highest BCUT2D eigenvalue weighted by molar-refractivity contribution is 14.1. The minimum absolute atomic E-state index is 0.173. The van der Waals surface area contributed by atoms with E-state index in [1.807, 2.05) is 35.9 Å². The van der Waals surface area contributed by atoms with Gasteiger partial charge in [0.15, 0.2) is 0 Å².